The smallest absolute Gasteiger partial charge is 0.128 e. The molecule has 21 heavy (non-hydrogen) atoms. The van der Waals surface area contributed by atoms with E-state index in [1.165, 1.54) is 0 Å². The lowest BCUT2D eigenvalue weighted by molar-refractivity contribution is 0.412. The van der Waals surface area contributed by atoms with Crippen molar-refractivity contribution < 1.29 is 9.13 Å². The molecule has 0 heterocycles. The number of ether oxygens (including phenoxy) is 1. The predicted octanol–water partition coefficient (Wildman–Crippen LogP) is 4.31. The lowest BCUT2D eigenvalue weighted by Gasteiger charge is -2.10. The summed E-state index contributed by atoms with van der Waals surface area (Å²) in [5.41, 5.74) is 3.64. The number of nitrogens with one attached hydrogen (secondary N) is 1. The van der Waals surface area contributed by atoms with Crippen molar-refractivity contribution in [1.29, 1.82) is 0 Å². The number of benzene rings is 2. The fourth-order valence-electron chi connectivity index (χ4n) is 2.33. The van der Waals surface area contributed by atoms with E-state index in [-0.39, 0.29) is 5.82 Å². The first kappa shape index (κ1) is 15.5. The van der Waals surface area contributed by atoms with Crippen LogP contribution in [0.4, 0.5) is 4.39 Å². The van der Waals surface area contributed by atoms with Crippen LogP contribution in [0.2, 0.25) is 0 Å². The van der Waals surface area contributed by atoms with Crippen LogP contribution in [-0.4, -0.2) is 13.7 Å². The van der Waals surface area contributed by atoms with Gasteiger partial charge in [0.25, 0.3) is 0 Å². The summed E-state index contributed by atoms with van der Waals surface area (Å²) in [6.45, 7) is 5.56. The second-order valence-electron chi connectivity index (χ2n) is 5.17. The Labute approximate surface area is 126 Å². The molecule has 0 aliphatic rings. The van der Waals surface area contributed by atoms with Gasteiger partial charge in [0.15, 0.2) is 0 Å². The van der Waals surface area contributed by atoms with Gasteiger partial charge in [-0.25, -0.2) is 4.39 Å². The van der Waals surface area contributed by atoms with Gasteiger partial charge in [-0.15, -0.1) is 0 Å². The molecule has 0 fully saturated rings. The maximum atomic E-state index is 14.1. The highest BCUT2D eigenvalue weighted by atomic mass is 19.1. The van der Waals surface area contributed by atoms with Gasteiger partial charge in [-0.1, -0.05) is 25.1 Å². The van der Waals surface area contributed by atoms with Crippen molar-refractivity contribution in [2.45, 2.75) is 26.8 Å². The molecular formula is C18H22FNO. The number of hydrogen-bond acceptors (Lipinski definition) is 2. The van der Waals surface area contributed by atoms with Crippen molar-refractivity contribution in [3.8, 4) is 16.9 Å². The third kappa shape index (κ3) is 3.82. The van der Waals surface area contributed by atoms with E-state index in [1.54, 1.807) is 13.2 Å². The summed E-state index contributed by atoms with van der Waals surface area (Å²) in [4.78, 5) is 0. The molecule has 2 aromatic rings. The topological polar surface area (TPSA) is 21.3 Å². The second kappa shape index (κ2) is 7.23. The van der Waals surface area contributed by atoms with E-state index < -0.39 is 0 Å². The molecule has 0 bridgehead atoms. The van der Waals surface area contributed by atoms with Gasteiger partial charge in [-0.2, -0.15) is 0 Å². The fourth-order valence-corrected chi connectivity index (χ4v) is 2.33. The Bertz CT molecular complexity index is 610. The zero-order chi connectivity index (χ0) is 15.2. The van der Waals surface area contributed by atoms with Crippen LogP contribution in [0.3, 0.4) is 0 Å². The maximum absolute atomic E-state index is 14.1. The van der Waals surface area contributed by atoms with Gasteiger partial charge < -0.3 is 10.1 Å². The quantitative estimate of drug-likeness (QED) is 0.799. The Hall–Kier alpha value is -1.87. The molecule has 0 saturated carbocycles. The van der Waals surface area contributed by atoms with E-state index in [4.69, 9.17) is 4.74 Å². The fraction of sp³-hybridized carbons (Fsp3) is 0.333. The average molecular weight is 287 g/mol. The molecule has 112 valence electrons. The lowest BCUT2D eigenvalue weighted by Crippen LogP contribution is -2.14. The molecule has 2 rings (SSSR count). The van der Waals surface area contributed by atoms with Crippen LogP contribution >= 0.6 is 0 Å². The molecule has 0 aromatic heterocycles. The Morgan fingerprint density at radius 3 is 2.43 bits per heavy atom. The first-order valence-corrected chi connectivity index (χ1v) is 7.30. The highest BCUT2D eigenvalue weighted by Crippen LogP contribution is 2.27. The zero-order valence-electron chi connectivity index (χ0n) is 12.9. The highest BCUT2D eigenvalue weighted by molar-refractivity contribution is 5.66. The SMILES string of the molecule is CCCNCc1ccc(-c2ccc(OC)c(C)c2)cc1F. The normalized spacial score (nSPS) is 10.7. The molecule has 0 radical (unpaired) electrons. The number of methoxy groups -OCH3 is 1. The van der Waals surface area contributed by atoms with Crippen molar-refractivity contribution in [1.82, 2.24) is 5.32 Å². The summed E-state index contributed by atoms with van der Waals surface area (Å²) in [5, 5.41) is 3.22. The summed E-state index contributed by atoms with van der Waals surface area (Å²) in [5.74, 6) is 0.684. The van der Waals surface area contributed by atoms with Crippen LogP contribution in [-0.2, 0) is 6.54 Å². The molecule has 1 N–H and O–H groups in total. The summed E-state index contributed by atoms with van der Waals surface area (Å²) < 4.78 is 19.4. The molecule has 2 nitrogen and oxygen atoms in total. The first-order valence-electron chi connectivity index (χ1n) is 7.30. The van der Waals surface area contributed by atoms with Gasteiger partial charge in [0.2, 0.25) is 0 Å². The molecule has 0 unspecified atom stereocenters. The van der Waals surface area contributed by atoms with Crippen molar-refractivity contribution >= 4 is 0 Å². The van der Waals surface area contributed by atoms with Crippen LogP contribution in [0, 0.1) is 12.7 Å². The molecule has 2 aromatic carbocycles. The predicted molar refractivity (Wildman–Crippen MR) is 85.1 cm³/mol. The molecule has 0 spiro atoms. The van der Waals surface area contributed by atoms with E-state index in [2.05, 4.69) is 12.2 Å². The van der Waals surface area contributed by atoms with Crippen molar-refractivity contribution in [3.63, 3.8) is 0 Å². The standard InChI is InChI=1S/C18H22FNO/c1-4-9-20-12-16-6-5-15(11-17(16)19)14-7-8-18(21-3)13(2)10-14/h5-8,10-11,20H,4,9,12H2,1-3H3. The Morgan fingerprint density at radius 2 is 1.81 bits per heavy atom. The zero-order valence-corrected chi connectivity index (χ0v) is 12.9. The summed E-state index contributed by atoms with van der Waals surface area (Å²) >= 11 is 0. The third-order valence-corrected chi connectivity index (χ3v) is 3.52. The Kier molecular flexibility index (Phi) is 5.34. The largest absolute Gasteiger partial charge is 0.496 e. The van der Waals surface area contributed by atoms with E-state index in [1.807, 2.05) is 37.3 Å². The molecule has 0 amide bonds. The molecule has 0 aliphatic carbocycles. The van der Waals surface area contributed by atoms with Crippen LogP contribution < -0.4 is 10.1 Å². The third-order valence-electron chi connectivity index (χ3n) is 3.52. The Balaban J connectivity index is 2.21. The van der Waals surface area contributed by atoms with Gasteiger partial charge in [-0.3, -0.25) is 0 Å². The highest BCUT2D eigenvalue weighted by Gasteiger charge is 2.07. The van der Waals surface area contributed by atoms with E-state index in [9.17, 15) is 4.39 Å². The van der Waals surface area contributed by atoms with Crippen molar-refractivity contribution in [2.75, 3.05) is 13.7 Å². The monoisotopic (exact) mass is 287 g/mol. The number of aryl methyl sites for hydroxylation is 1. The number of halogens is 1. The Morgan fingerprint density at radius 1 is 1.10 bits per heavy atom. The molecule has 0 atom stereocenters. The van der Waals surface area contributed by atoms with Gasteiger partial charge in [0, 0.05) is 12.1 Å². The van der Waals surface area contributed by atoms with E-state index in [0.717, 1.165) is 35.4 Å². The van der Waals surface area contributed by atoms with E-state index in [0.29, 0.717) is 12.1 Å². The van der Waals surface area contributed by atoms with Crippen LogP contribution in [0.25, 0.3) is 11.1 Å². The minimum atomic E-state index is -0.162. The summed E-state index contributed by atoms with van der Waals surface area (Å²) in [6, 6.07) is 11.3. The van der Waals surface area contributed by atoms with Crippen molar-refractivity contribution in [3.05, 3.63) is 53.3 Å². The molecule has 0 aliphatic heterocycles. The van der Waals surface area contributed by atoms with Crippen LogP contribution in [0.5, 0.6) is 5.75 Å². The second-order valence-corrected chi connectivity index (χ2v) is 5.17. The number of hydrogen-bond donors (Lipinski definition) is 1. The van der Waals surface area contributed by atoms with Gasteiger partial charge in [0.1, 0.15) is 11.6 Å². The number of rotatable bonds is 6. The maximum Gasteiger partial charge on any atom is 0.128 e. The minimum Gasteiger partial charge on any atom is -0.496 e. The van der Waals surface area contributed by atoms with Crippen LogP contribution in [0.15, 0.2) is 36.4 Å². The summed E-state index contributed by atoms with van der Waals surface area (Å²) in [6.07, 6.45) is 1.05. The molecule has 0 saturated heterocycles. The molecular weight excluding hydrogens is 265 g/mol. The minimum absolute atomic E-state index is 0.162. The average Bonchev–Trinajstić information content (AvgIpc) is 2.49. The van der Waals surface area contributed by atoms with Gasteiger partial charge in [0.05, 0.1) is 7.11 Å². The first-order chi connectivity index (χ1) is 10.2. The summed E-state index contributed by atoms with van der Waals surface area (Å²) in [7, 11) is 1.65. The van der Waals surface area contributed by atoms with Gasteiger partial charge >= 0.3 is 0 Å². The van der Waals surface area contributed by atoms with Gasteiger partial charge in [-0.05, 0) is 54.8 Å². The van der Waals surface area contributed by atoms with Crippen LogP contribution in [0.1, 0.15) is 24.5 Å². The molecule has 3 heteroatoms. The lowest BCUT2D eigenvalue weighted by atomic mass is 10.0. The van der Waals surface area contributed by atoms with E-state index >= 15 is 0 Å². The van der Waals surface area contributed by atoms with Crippen molar-refractivity contribution in [2.24, 2.45) is 0 Å².